The van der Waals surface area contributed by atoms with Gasteiger partial charge in [0.15, 0.2) is 0 Å². The number of rotatable bonds is 0. The van der Waals surface area contributed by atoms with Gasteiger partial charge in [-0.05, 0) is 59.7 Å². The average molecular weight is 288 g/mol. The van der Waals surface area contributed by atoms with E-state index < -0.39 is 0 Å². The van der Waals surface area contributed by atoms with E-state index >= 15 is 0 Å². The van der Waals surface area contributed by atoms with Crippen LogP contribution in [0, 0.1) is 0 Å². The number of hydrogen-bond acceptors (Lipinski definition) is 1. The summed E-state index contributed by atoms with van der Waals surface area (Å²) < 4.78 is 2.89. The van der Waals surface area contributed by atoms with Crippen LogP contribution in [0.3, 0.4) is 0 Å². The Labute approximate surface area is 128 Å². The first-order valence-corrected chi connectivity index (χ1v) is 8.58. The molecule has 0 aliphatic heterocycles. The van der Waals surface area contributed by atoms with Crippen LogP contribution in [0.4, 0.5) is 0 Å². The second kappa shape index (κ2) is 4.32. The van der Waals surface area contributed by atoms with E-state index in [2.05, 4.69) is 48.5 Å². The van der Waals surface area contributed by atoms with E-state index in [4.69, 9.17) is 0 Å². The maximum Gasteiger partial charge on any atom is 0.0361 e. The molecule has 0 atom stereocenters. The van der Waals surface area contributed by atoms with Gasteiger partial charge in [0.2, 0.25) is 0 Å². The van der Waals surface area contributed by atoms with Crippen LogP contribution in [0.25, 0.3) is 30.9 Å². The monoisotopic (exact) mass is 288 g/mol. The van der Waals surface area contributed by atoms with Gasteiger partial charge >= 0.3 is 0 Å². The van der Waals surface area contributed by atoms with Crippen molar-refractivity contribution >= 4 is 42.3 Å². The summed E-state index contributed by atoms with van der Waals surface area (Å²) >= 11 is 1.95. The number of aryl methyl sites for hydroxylation is 2. The van der Waals surface area contributed by atoms with Crippen molar-refractivity contribution in [1.82, 2.24) is 0 Å². The highest BCUT2D eigenvalue weighted by atomic mass is 32.1. The Morgan fingerprint density at radius 3 is 2.52 bits per heavy atom. The minimum absolute atomic E-state index is 1.25. The fourth-order valence-corrected chi connectivity index (χ4v) is 5.03. The average Bonchev–Trinajstić information content (AvgIpc) is 2.94. The molecule has 5 rings (SSSR count). The standard InChI is InChI=1S/C20H16S/c1-3-7-15-13(5-1)9-11-17-19(15)20-16-8-4-2-6-14(16)10-12-18(20)21-17/h1,3,5,7,9-12H,2,4,6,8H2. The first kappa shape index (κ1) is 11.8. The maximum atomic E-state index is 2.37. The van der Waals surface area contributed by atoms with E-state index in [-0.39, 0.29) is 0 Å². The smallest absolute Gasteiger partial charge is 0.0361 e. The Kier molecular flexibility index (Phi) is 2.42. The van der Waals surface area contributed by atoms with Crippen molar-refractivity contribution in [2.24, 2.45) is 0 Å². The fourth-order valence-electron chi connectivity index (χ4n) is 3.88. The second-order valence-corrected chi connectivity index (χ2v) is 7.13. The zero-order valence-electron chi connectivity index (χ0n) is 11.9. The molecule has 0 spiro atoms. The number of benzene rings is 3. The van der Waals surface area contributed by atoms with Gasteiger partial charge < -0.3 is 0 Å². The fraction of sp³-hybridized carbons (Fsp3) is 0.200. The molecule has 0 saturated heterocycles. The molecule has 0 bridgehead atoms. The third kappa shape index (κ3) is 1.61. The van der Waals surface area contributed by atoms with Gasteiger partial charge in [0, 0.05) is 20.2 Å². The molecule has 0 amide bonds. The van der Waals surface area contributed by atoms with Crippen molar-refractivity contribution < 1.29 is 0 Å². The van der Waals surface area contributed by atoms with E-state index in [1.54, 1.807) is 16.5 Å². The van der Waals surface area contributed by atoms with Crippen LogP contribution in [-0.4, -0.2) is 0 Å². The molecule has 1 aliphatic carbocycles. The van der Waals surface area contributed by atoms with Crippen LogP contribution < -0.4 is 0 Å². The van der Waals surface area contributed by atoms with Crippen molar-refractivity contribution in [3.8, 4) is 0 Å². The molecular formula is C20H16S. The summed E-state index contributed by atoms with van der Waals surface area (Å²) in [6, 6.07) is 18.1. The largest absolute Gasteiger partial charge is 0.135 e. The van der Waals surface area contributed by atoms with Crippen molar-refractivity contribution in [2.75, 3.05) is 0 Å². The van der Waals surface area contributed by atoms with Crippen LogP contribution >= 0.6 is 11.3 Å². The SMILES string of the molecule is c1ccc2c(c1)ccc1sc3ccc4c(c3c12)CCCC4. The van der Waals surface area contributed by atoms with Crippen molar-refractivity contribution in [1.29, 1.82) is 0 Å². The zero-order valence-corrected chi connectivity index (χ0v) is 12.7. The van der Waals surface area contributed by atoms with Crippen LogP contribution in [-0.2, 0) is 12.8 Å². The molecule has 0 radical (unpaired) electrons. The third-order valence-corrected chi connectivity index (χ3v) is 5.98. The molecule has 0 unspecified atom stereocenters. The van der Waals surface area contributed by atoms with Crippen LogP contribution in [0.1, 0.15) is 24.0 Å². The molecule has 1 heteroatoms. The van der Waals surface area contributed by atoms with Gasteiger partial charge in [-0.3, -0.25) is 0 Å². The molecule has 3 aromatic carbocycles. The first-order chi connectivity index (χ1) is 10.4. The highest BCUT2D eigenvalue weighted by Crippen LogP contribution is 2.42. The highest BCUT2D eigenvalue weighted by Gasteiger charge is 2.17. The number of fused-ring (bicyclic) bond motifs is 7. The summed E-state index contributed by atoms with van der Waals surface area (Å²) in [5.74, 6) is 0. The van der Waals surface area contributed by atoms with E-state index in [1.807, 2.05) is 11.3 Å². The van der Waals surface area contributed by atoms with Gasteiger partial charge in [-0.2, -0.15) is 0 Å². The molecule has 1 aromatic heterocycles. The number of hydrogen-bond donors (Lipinski definition) is 0. The molecule has 1 heterocycles. The van der Waals surface area contributed by atoms with Gasteiger partial charge in [-0.25, -0.2) is 0 Å². The van der Waals surface area contributed by atoms with Crippen LogP contribution in [0.15, 0.2) is 48.5 Å². The Hall–Kier alpha value is -1.86. The lowest BCUT2D eigenvalue weighted by Crippen LogP contribution is -2.02. The van der Waals surface area contributed by atoms with Crippen molar-refractivity contribution in [3.63, 3.8) is 0 Å². The summed E-state index contributed by atoms with van der Waals surface area (Å²) in [6.45, 7) is 0. The second-order valence-electron chi connectivity index (χ2n) is 6.05. The summed E-state index contributed by atoms with van der Waals surface area (Å²) in [5, 5.41) is 5.81. The molecule has 4 aromatic rings. The summed E-state index contributed by atoms with van der Waals surface area (Å²) in [4.78, 5) is 0. The van der Waals surface area contributed by atoms with Gasteiger partial charge in [0.05, 0.1) is 0 Å². The zero-order chi connectivity index (χ0) is 13.8. The third-order valence-electron chi connectivity index (χ3n) is 4.86. The number of thiophene rings is 1. The molecule has 1 aliphatic rings. The Bertz CT molecular complexity index is 991. The molecule has 102 valence electrons. The van der Waals surface area contributed by atoms with Crippen LogP contribution in [0.5, 0.6) is 0 Å². The molecular weight excluding hydrogens is 272 g/mol. The minimum Gasteiger partial charge on any atom is -0.135 e. The summed E-state index contributed by atoms with van der Waals surface area (Å²) in [7, 11) is 0. The van der Waals surface area contributed by atoms with E-state index in [1.165, 1.54) is 51.2 Å². The lowest BCUT2D eigenvalue weighted by atomic mass is 9.88. The summed E-state index contributed by atoms with van der Waals surface area (Å²) in [5.41, 5.74) is 3.21. The molecule has 0 nitrogen and oxygen atoms in total. The van der Waals surface area contributed by atoms with Crippen molar-refractivity contribution in [3.05, 3.63) is 59.7 Å². The summed E-state index contributed by atoms with van der Waals surface area (Å²) in [6.07, 6.45) is 5.20. The van der Waals surface area contributed by atoms with Gasteiger partial charge in [0.1, 0.15) is 0 Å². The van der Waals surface area contributed by atoms with Gasteiger partial charge in [-0.1, -0.05) is 36.4 Å². The van der Waals surface area contributed by atoms with Crippen LogP contribution in [0.2, 0.25) is 0 Å². The molecule has 0 saturated carbocycles. The van der Waals surface area contributed by atoms with Gasteiger partial charge in [-0.15, -0.1) is 11.3 Å². The lowest BCUT2D eigenvalue weighted by molar-refractivity contribution is 0.690. The molecule has 21 heavy (non-hydrogen) atoms. The van der Waals surface area contributed by atoms with E-state index in [9.17, 15) is 0 Å². The van der Waals surface area contributed by atoms with Crippen molar-refractivity contribution in [2.45, 2.75) is 25.7 Å². The molecule has 0 fully saturated rings. The first-order valence-electron chi connectivity index (χ1n) is 7.76. The predicted octanol–water partition coefficient (Wildman–Crippen LogP) is 6.09. The maximum absolute atomic E-state index is 2.37. The quantitative estimate of drug-likeness (QED) is 0.367. The van der Waals surface area contributed by atoms with E-state index in [0.717, 1.165) is 0 Å². The Morgan fingerprint density at radius 2 is 1.52 bits per heavy atom. The normalized spacial score (nSPS) is 14.9. The minimum atomic E-state index is 1.25. The highest BCUT2D eigenvalue weighted by molar-refractivity contribution is 7.26. The Balaban J connectivity index is 2.06. The van der Waals surface area contributed by atoms with Gasteiger partial charge in [0.25, 0.3) is 0 Å². The van der Waals surface area contributed by atoms with E-state index in [0.29, 0.717) is 0 Å². The topological polar surface area (TPSA) is 0 Å². The Morgan fingerprint density at radius 1 is 0.714 bits per heavy atom. The lowest BCUT2D eigenvalue weighted by Gasteiger charge is -2.17. The molecule has 0 N–H and O–H groups in total. The predicted molar refractivity (Wildman–Crippen MR) is 93.5 cm³/mol.